The van der Waals surface area contributed by atoms with Crippen molar-refractivity contribution in [2.24, 2.45) is 5.92 Å². The number of alkyl halides is 2. The zero-order valence-electron chi connectivity index (χ0n) is 16.8. The molecular formula is C23H13Cl3F4N2O2. The highest BCUT2D eigenvalue weighted by Crippen LogP contribution is 2.65. The molecule has 0 spiro atoms. The van der Waals surface area contributed by atoms with Crippen molar-refractivity contribution in [3.63, 3.8) is 0 Å². The van der Waals surface area contributed by atoms with E-state index < -0.39 is 56.8 Å². The Morgan fingerprint density at radius 3 is 2.15 bits per heavy atom. The van der Waals surface area contributed by atoms with E-state index in [-0.39, 0.29) is 16.4 Å². The van der Waals surface area contributed by atoms with Gasteiger partial charge in [0.25, 0.3) is 5.91 Å². The number of anilines is 2. The van der Waals surface area contributed by atoms with Crippen molar-refractivity contribution in [3.05, 3.63) is 94.0 Å². The fraction of sp³-hybridized carbons (Fsp3) is 0.130. The average Bonchev–Trinajstić information content (AvgIpc) is 3.36. The topological polar surface area (TPSA) is 58.2 Å². The molecule has 3 aromatic rings. The van der Waals surface area contributed by atoms with E-state index in [0.717, 1.165) is 24.3 Å². The molecule has 176 valence electrons. The van der Waals surface area contributed by atoms with Crippen LogP contribution in [0.1, 0.15) is 21.8 Å². The molecule has 0 bridgehead atoms. The number of rotatable bonds is 5. The van der Waals surface area contributed by atoms with Gasteiger partial charge in [-0.25, -0.2) is 17.6 Å². The van der Waals surface area contributed by atoms with Crippen LogP contribution in [0.3, 0.4) is 0 Å². The van der Waals surface area contributed by atoms with E-state index in [4.69, 9.17) is 34.8 Å². The summed E-state index contributed by atoms with van der Waals surface area (Å²) in [7, 11) is 0. The van der Waals surface area contributed by atoms with Crippen LogP contribution in [0.2, 0.25) is 5.02 Å². The smallest absolute Gasteiger partial charge is 0.258 e. The van der Waals surface area contributed by atoms with Gasteiger partial charge in [0, 0.05) is 23.4 Å². The molecule has 0 radical (unpaired) electrons. The molecule has 4 nitrogen and oxygen atoms in total. The van der Waals surface area contributed by atoms with Crippen molar-refractivity contribution >= 4 is 58.0 Å². The minimum Gasteiger partial charge on any atom is -0.326 e. The summed E-state index contributed by atoms with van der Waals surface area (Å²) in [5, 5.41) is 4.50. The molecule has 0 heterocycles. The number of halogens is 7. The Labute approximate surface area is 205 Å². The Balaban J connectivity index is 1.54. The number of carbonyl (C=O) groups is 2. The number of benzene rings is 3. The summed E-state index contributed by atoms with van der Waals surface area (Å²) in [4.78, 5) is 25.2. The van der Waals surface area contributed by atoms with Crippen LogP contribution in [0.25, 0.3) is 0 Å². The first-order chi connectivity index (χ1) is 16.0. The summed E-state index contributed by atoms with van der Waals surface area (Å²) >= 11 is 18.3. The Bertz CT molecular complexity index is 1300. The van der Waals surface area contributed by atoms with E-state index >= 15 is 0 Å². The lowest BCUT2D eigenvalue weighted by Gasteiger charge is -2.11. The maximum atomic E-state index is 14.3. The Morgan fingerprint density at radius 2 is 1.50 bits per heavy atom. The lowest BCUT2D eigenvalue weighted by Crippen LogP contribution is -2.19. The highest BCUT2D eigenvalue weighted by Gasteiger charge is 2.67. The van der Waals surface area contributed by atoms with Crippen molar-refractivity contribution in [1.82, 2.24) is 0 Å². The number of nitrogens with one attached hydrogen (secondary N) is 2. The molecule has 0 unspecified atom stereocenters. The lowest BCUT2D eigenvalue weighted by molar-refractivity contribution is -0.117. The summed E-state index contributed by atoms with van der Waals surface area (Å²) in [5.41, 5.74) is -0.352. The SMILES string of the molecule is O=C(Nc1ccc(F)cc1)c1cc(NC(=O)[C@H]2[C@H](c3ccc(F)c(Cl)c3)C2(Cl)Cl)cc(F)c1F. The fourth-order valence-corrected chi connectivity index (χ4v) is 4.57. The van der Waals surface area contributed by atoms with Crippen molar-refractivity contribution in [3.8, 4) is 0 Å². The summed E-state index contributed by atoms with van der Waals surface area (Å²) in [6, 6.07) is 10.0. The van der Waals surface area contributed by atoms with Crippen molar-refractivity contribution in [2.75, 3.05) is 10.6 Å². The average molecular weight is 532 g/mol. The molecule has 2 atom stereocenters. The van der Waals surface area contributed by atoms with E-state index in [2.05, 4.69) is 10.6 Å². The molecule has 0 aliphatic heterocycles. The Kier molecular flexibility index (Phi) is 6.50. The van der Waals surface area contributed by atoms with Crippen LogP contribution in [0.15, 0.2) is 54.6 Å². The van der Waals surface area contributed by atoms with Gasteiger partial charge in [0.15, 0.2) is 11.6 Å². The molecule has 4 rings (SSSR count). The van der Waals surface area contributed by atoms with Gasteiger partial charge in [0.1, 0.15) is 16.0 Å². The molecule has 2 N–H and O–H groups in total. The Morgan fingerprint density at radius 1 is 0.824 bits per heavy atom. The van der Waals surface area contributed by atoms with Crippen LogP contribution in [0.4, 0.5) is 28.9 Å². The zero-order chi connectivity index (χ0) is 24.8. The molecule has 1 aliphatic rings. The molecule has 3 aromatic carbocycles. The normalized spacial score (nSPS) is 18.3. The first-order valence-corrected chi connectivity index (χ1v) is 10.8. The zero-order valence-corrected chi connectivity index (χ0v) is 19.1. The molecule has 11 heteroatoms. The second kappa shape index (κ2) is 9.09. The molecule has 34 heavy (non-hydrogen) atoms. The first-order valence-electron chi connectivity index (χ1n) is 9.68. The van der Waals surface area contributed by atoms with Crippen LogP contribution >= 0.6 is 34.8 Å². The summed E-state index contributed by atoms with van der Waals surface area (Å²) in [5.74, 6) is -7.53. The van der Waals surface area contributed by atoms with Gasteiger partial charge in [-0.05, 0) is 48.0 Å². The largest absolute Gasteiger partial charge is 0.326 e. The van der Waals surface area contributed by atoms with E-state index in [1.54, 1.807) is 0 Å². The molecule has 1 fully saturated rings. The van der Waals surface area contributed by atoms with Gasteiger partial charge < -0.3 is 10.6 Å². The van der Waals surface area contributed by atoms with Crippen molar-refractivity contribution in [1.29, 1.82) is 0 Å². The maximum absolute atomic E-state index is 14.3. The highest BCUT2D eigenvalue weighted by molar-refractivity contribution is 6.53. The van der Waals surface area contributed by atoms with E-state index in [1.807, 2.05) is 0 Å². The van der Waals surface area contributed by atoms with Gasteiger partial charge in [0.2, 0.25) is 5.91 Å². The minimum atomic E-state index is -1.55. The summed E-state index contributed by atoms with van der Waals surface area (Å²) in [6.45, 7) is 0. The van der Waals surface area contributed by atoms with Crippen LogP contribution in [0, 0.1) is 29.2 Å². The van der Waals surface area contributed by atoms with Gasteiger partial charge >= 0.3 is 0 Å². The van der Waals surface area contributed by atoms with Gasteiger partial charge in [-0.3, -0.25) is 9.59 Å². The predicted molar refractivity (Wildman–Crippen MR) is 121 cm³/mol. The number of hydrogen-bond acceptors (Lipinski definition) is 2. The quantitative estimate of drug-likeness (QED) is 0.285. The molecule has 1 aliphatic carbocycles. The van der Waals surface area contributed by atoms with Gasteiger partial charge in [0.05, 0.1) is 16.5 Å². The molecule has 1 saturated carbocycles. The molecular weight excluding hydrogens is 519 g/mol. The predicted octanol–water partition coefficient (Wildman–Crippen LogP) is 6.67. The first kappa shape index (κ1) is 24.3. The third-order valence-corrected chi connectivity index (χ3v) is 6.51. The van der Waals surface area contributed by atoms with Gasteiger partial charge in [-0.15, -0.1) is 23.2 Å². The highest BCUT2D eigenvalue weighted by atomic mass is 35.5. The summed E-state index contributed by atoms with van der Waals surface area (Å²) < 4.78 is 53.4. The van der Waals surface area contributed by atoms with E-state index in [9.17, 15) is 27.2 Å². The molecule has 0 saturated heterocycles. The standard InChI is InChI=1S/C23H13Cl3F4N2O2/c24-15-7-10(1-6-16(15)28)18-19(23(18,25)26)22(34)32-13-8-14(20(30)17(29)9-13)21(33)31-12-4-2-11(27)3-5-12/h1-9,18-19H,(H,31,33)(H,32,34)/t18-,19+/m0/s1. The third kappa shape index (κ3) is 4.71. The summed E-state index contributed by atoms with van der Waals surface area (Å²) in [6.07, 6.45) is 0. The molecule has 0 aromatic heterocycles. The van der Waals surface area contributed by atoms with Gasteiger partial charge in [-0.2, -0.15) is 0 Å². The third-order valence-electron chi connectivity index (χ3n) is 5.28. The number of amides is 2. The Hall–Kier alpha value is -2.81. The monoisotopic (exact) mass is 530 g/mol. The van der Waals surface area contributed by atoms with Crippen LogP contribution in [-0.4, -0.2) is 16.1 Å². The van der Waals surface area contributed by atoms with Gasteiger partial charge in [-0.1, -0.05) is 17.7 Å². The lowest BCUT2D eigenvalue weighted by atomic mass is 10.1. The van der Waals surface area contributed by atoms with Crippen molar-refractivity contribution in [2.45, 2.75) is 10.3 Å². The fourth-order valence-electron chi connectivity index (χ4n) is 3.55. The second-order valence-electron chi connectivity index (χ2n) is 7.57. The number of hydrogen-bond donors (Lipinski definition) is 2. The maximum Gasteiger partial charge on any atom is 0.258 e. The van der Waals surface area contributed by atoms with Crippen LogP contribution in [-0.2, 0) is 4.79 Å². The van der Waals surface area contributed by atoms with Crippen LogP contribution in [0.5, 0.6) is 0 Å². The van der Waals surface area contributed by atoms with E-state index in [1.165, 1.54) is 24.3 Å². The van der Waals surface area contributed by atoms with Crippen molar-refractivity contribution < 1.29 is 27.2 Å². The van der Waals surface area contributed by atoms with Crippen LogP contribution < -0.4 is 10.6 Å². The van der Waals surface area contributed by atoms with E-state index in [0.29, 0.717) is 11.6 Å². The minimum absolute atomic E-state index is 0.147. The molecule has 2 amide bonds. The second-order valence-corrected chi connectivity index (χ2v) is 9.42. The number of carbonyl (C=O) groups excluding carboxylic acids is 2.